The molecule has 50 heteroatoms. The Bertz CT molecular complexity index is 3590. The summed E-state index contributed by atoms with van der Waals surface area (Å²) in [5.74, 6) is -33.3. The molecule has 3 saturated heterocycles. The van der Waals surface area contributed by atoms with Crippen LogP contribution in [0.2, 0.25) is 0 Å². The molecular weight excluding hydrogens is 1630 g/mol. The first kappa shape index (κ1) is 105. The summed E-state index contributed by atoms with van der Waals surface area (Å²) in [5.41, 5.74) is 16.4. The number of primary amides is 2. The maximum absolute atomic E-state index is 14.9. The van der Waals surface area contributed by atoms with Crippen molar-refractivity contribution in [3.05, 3.63) is 0 Å². The van der Waals surface area contributed by atoms with Gasteiger partial charge in [0.1, 0.15) is 84.6 Å². The second kappa shape index (κ2) is 52.4. The van der Waals surface area contributed by atoms with Crippen molar-refractivity contribution in [2.45, 2.75) is 231 Å². The van der Waals surface area contributed by atoms with Crippen molar-refractivity contribution in [1.29, 1.82) is 0 Å². The number of carbonyl (C=O) groups excluding carboxylic acids is 17. The van der Waals surface area contributed by atoms with Crippen LogP contribution in [0.3, 0.4) is 0 Å². The standard InChI is InChI=1S/C65H104N18O26S4.C2H4O2/c1-25(2)15-34-55(98)80-41-24-113-110-21-38(58(101)77-37(65(108)109)16-26(3)4)71-44(87)20-69-62(105)50(30(10)84)83-61(104)40(78-51(94)29(9)70-63(106)48(27(5)6)81-57(100)35(18-43(68)86)76-64(107)49(28(7)8)82-60(41)103)23-112-111-22-39(59(102)73-32(53(96)75-34)11-13-45(88)89)79-54(97)33(12-14-46(90)91)72-56(99)36(19-47(92)93)74-52(95)31(66)17-42(67)85;1-2(3)4/h25-41,48-50,84H,11-24,66H2,1-10H3,(H2,67,85)(H2,68,86)(H,69,105)(H,70,106)(H,71,87)(H,72,99)(H,73,102)(H,74,95)(H,75,96)(H,76,107)(H,77,101)(H,78,94)(H,79,97)(H,80,98)(H,81,100)(H,82,103)(H,83,104)(H,88,89)(H,90,91)(H,92,93)(H,108,109);1H3,(H,3,4)/t29-,30+,31-,32-,33-,34-,35?,36-,37-,38-,39-,40-,41-,48?,49-,50-;/m0./s1. The van der Waals surface area contributed by atoms with Crippen molar-refractivity contribution in [2.75, 3.05) is 29.6 Å². The molecule has 46 nitrogen and oxygen atoms in total. The Labute approximate surface area is 687 Å². The van der Waals surface area contributed by atoms with Crippen molar-refractivity contribution in [1.82, 2.24) is 79.8 Å². The Kier molecular flexibility index (Phi) is 46.9. The molecule has 27 N–H and O–H groups in total. The molecule has 0 aromatic heterocycles. The number of hydrogen-bond acceptors (Lipinski definition) is 28. The van der Waals surface area contributed by atoms with E-state index in [1.807, 2.05) is 5.32 Å². The van der Waals surface area contributed by atoms with Gasteiger partial charge < -0.3 is 128 Å². The van der Waals surface area contributed by atoms with Gasteiger partial charge in [-0.3, -0.25) is 101 Å². The van der Waals surface area contributed by atoms with Gasteiger partial charge in [-0.15, -0.1) is 0 Å². The predicted octanol–water partition coefficient (Wildman–Crippen LogP) is -8.06. The highest BCUT2D eigenvalue weighted by Gasteiger charge is 2.41. The molecule has 0 aromatic carbocycles. The zero-order valence-corrected chi connectivity index (χ0v) is 69.2. The van der Waals surface area contributed by atoms with Crippen LogP contribution in [0.25, 0.3) is 0 Å². The van der Waals surface area contributed by atoms with E-state index in [0.29, 0.717) is 21.6 Å². The Morgan fingerprint density at radius 2 is 0.949 bits per heavy atom. The fraction of sp³-hybridized carbons (Fsp3) is 0.672. The number of rotatable bonds is 28. The lowest BCUT2D eigenvalue weighted by atomic mass is 10.00. The normalized spacial score (nSPS) is 23.8. The second-order valence-electron chi connectivity index (χ2n) is 28.5. The van der Waals surface area contributed by atoms with Gasteiger partial charge in [0.15, 0.2) is 0 Å². The van der Waals surface area contributed by atoms with E-state index in [1.165, 1.54) is 27.7 Å². The Balaban J connectivity index is 0.0000167. The van der Waals surface area contributed by atoms with E-state index in [2.05, 4.69) is 74.4 Å². The van der Waals surface area contributed by atoms with Crippen LogP contribution in [-0.2, 0) is 105 Å². The lowest BCUT2D eigenvalue weighted by Gasteiger charge is -2.29. The van der Waals surface area contributed by atoms with Crippen LogP contribution in [0.1, 0.15) is 134 Å². The van der Waals surface area contributed by atoms with Crippen molar-refractivity contribution < 1.29 is 136 Å². The average Bonchev–Trinajstić information content (AvgIpc) is 0.919. The molecule has 3 fully saturated rings. The van der Waals surface area contributed by atoms with Crippen LogP contribution in [0.15, 0.2) is 0 Å². The van der Waals surface area contributed by atoms with Gasteiger partial charge in [-0.05, 0) is 63.2 Å². The van der Waals surface area contributed by atoms with Crippen LogP contribution < -0.4 is 97.0 Å². The van der Waals surface area contributed by atoms with Gasteiger partial charge >= 0.3 is 23.9 Å². The zero-order chi connectivity index (χ0) is 89.6. The topological polar surface area (TPSA) is 755 Å². The zero-order valence-electron chi connectivity index (χ0n) is 66.0. The molecule has 0 aromatic rings. The summed E-state index contributed by atoms with van der Waals surface area (Å²) in [6.45, 7) is 14.4. The highest BCUT2D eigenvalue weighted by atomic mass is 33.1. The summed E-state index contributed by atoms with van der Waals surface area (Å²) in [4.78, 5) is 297. The number of carboxylic acids is 5. The quantitative estimate of drug-likeness (QED) is 0.0256. The number of hydrogen-bond donors (Lipinski definition) is 24. The summed E-state index contributed by atoms with van der Waals surface area (Å²) < 4.78 is 0. The first-order chi connectivity index (χ1) is 54.3. The number of aliphatic carboxylic acids is 5. The number of nitrogens with two attached hydrogens (primary N) is 3. The average molecular weight is 1740 g/mol. The number of amides is 17. The minimum atomic E-state index is -2.11. The minimum Gasteiger partial charge on any atom is -0.481 e. The van der Waals surface area contributed by atoms with E-state index in [1.54, 1.807) is 27.7 Å². The van der Waals surface area contributed by atoms with Gasteiger partial charge in [-0.2, -0.15) is 0 Å². The highest BCUT2D eigenvalue weighted by Crippen LogP contribution is 2.26. The minimum absolute atomic E-state index is 0.111. The first-order valence-corrected chi connectivity index (χ1v) is 41.4. The molecule has 2 unspecified atom stereocenters. The third kappa shape index (κ3) is 40.9. The lowest BCUT2D eigenvalue weighted by molar-refractivity contribution is -0.143. The largest absolute Gasteiger partial charge is 0.481 e. The summed E-state index contributed by atoms with van der Waals surface area (Å²) in [7, 11) is 2.59. The SMILES string of the molecule is CC(=O)O.CC(C)C[C@H](NC(=O)[C@@H]1CSSC[C@@H]2NC(=O)[C@H](CC(C)C)NC(=O)[C@H](CCC(=O)O)NC(=O)[C@@H](NC(=O)[C@H](CCC(=O)O)NC(=O)[C@H](CC(=O)O)NC(=O)[C@@H](N)CC(N)=O)CSSC[C@H](NC(=O)[C@H](C)NC(=O)C(C(C)C)NC(=O)C(CC(N)=O)NC(=O)[C@H](C(C)C)NC2=O)C(=O)N[C@@H]([C@@H](C)O)C(=O)NCC(=O)N1)C(=O)O. The number of carboxylic acid groups (broad SMARTS) is 5. The molecule has 0 radical (unpaired) electrons. The Morgan fingerprint density at radius 3 is 1.44 bits per heavy atom. The van der Waals surface area contributed by atoms with E-state index >= 15 is 0 Å². The summed E-state index contributed by atoms with van der Waals surface area (Å²) in [6.07, 6.45) is -8.77. The van der Waals surface area contributed by atoms with Gasteiger partial charge in [-0.1, -0.05) is 98.6 Å². The van der Waals surface area contributed by atoms with Gasteiger partial charge in [0.2, 0.25) is 100 Å². The number of carbonyl (C=O) groups is 22. The molecule has 0 aliphatic carbocycles. The predicted molar refractivity (Wildman–Crippen MR) is 418 cm³/mol. The van der Waals surface area contributed by atoms with E-state index in [0.717, 1.165) is 42.4 Å². The highest BCUT2D eigenvalue weighted by molar-refractivity contribution is 8.77. The van der Waals surface area contributed by atoms with Gasteiger partial charge in [0, 0.05) is 42.8 Å². The van der Waals surface area contributed by atoms with E-state index in [9.17, 15) is 126 Å². The molecule has 658 valence electrons. The van der Waals surface area contributed by atoms with Crippen LogP contribution >= 0.6 is 43.2 Å². The van der Waals surface area contributed by atoms with Crippen LogP contribution in [-0.4, -0.2) is 287 Å². The van der Waals surface area contributed by atoms with Crippen LogP contribution in [0, 0.1) is 23.7 Å². The maximum Gasteiger partial charge on any atom is 0.326 e. The van der Waals surface area contributed by atoms with E-state index in [4.69, 9.17) is 27.1 Å². The molecule has 117 heavy (non-hydrogen) atoms. The van der Waals surface area contributed by atoms with Gasteiger partial charge in [0.25, 0.3) is 5.97 Å². The van der Waals surface area contributed by atoms with Gasteiger partial charge in [-0.25, -0.2) is 4.79 Å². The summed E-state index contributed by atoms with van der Waals surface area (Å²) >= 11 is 0. The monoisotopic (exact) mass is 1740 g/mol. The lowest BCUT2D eigenvalue weighted by Crippen LogP contribution is -2.62. The summed E-state index contributed by atoms with van der Waals surface area (Å²) in [6, 6.07) is -27.7. The Hall–Kier alpha value is -10.3. The van der Waals surface area contributed by atoms with Gasteiger partial charge in [0.05, 0.1) is 38.0 Å². The number of aliphatic hydroxyl groups excluding tert-OH is 1. The fourth-order valence-corrected chi connectivity index (χ4v) is 15.0. The van der Waals surface area contributed by atoms with E-state index < -0.39 is 319 Å². The van der Waals surface area contributed by atoms with Crippen molar-refractivity contribution in [3.8, 4) is 0 Å². The molecule has 17 amide bonds. The molecule has 3 aliphatic heterocycles. The van der Waals surface area contributed by atoms with Crippen molar-refractivity contribution in [2.24, 2.45) is 40.9 Å². The van der Waals surface area contributed by atoms with Crippen molar-refractivity contribution >= 4 is 173 Å². The summed E-state index contributed by atoms with van der Waals surface area (Å²) in [5, 5.41) is 92.8. The van der Waals surface area contributed by atoms with Crippen LogP contribution in [0.4, 0.5) is 0 Å². The molecule has 3 heterocycles. The molecule has 0 saturated carbocycles. The number of nitrogens with one attached hydrogen (secondary N) is 15. The molecule has 2 bridgehead atoms. The molecular formula is C67H108N18O28S4. The number of fused-ring (bicyclic) bond motifs is 37. The second-order valence-corrected chi connectivity index (χ2v) is 33.6. The number of aliphatic hydroxyl groups is 1. The molecule has 3 rings (SSSR count). The molecule has 0 spiro atoms. The molecule has 16 atom stereocenters. The Morgan fingerprint density at radius 1 is 0.470 bits per heavy atom. The van der Waals surface area contributed by atoms with Crippen LogP contribution in [0.5, 0.6) is 0 Å². The molecule has 3 aliphatic rings. The van der Waals surface area contributed by atoms with E-state index in [-0.39, 0.29) is 18.8 Å². The third-order valence-corrected chi connectivity index (χ3v) is 21.3. The third-order valence-electron chi connectivity index (χ3n) is 16.4. The fourth-order valence-electron chi connectivity index (χ4n) is 10.4. The van der Waals surface area contributed by atoms with Crippen molar-refractivity contribution in [3.63, 3.8) is 0 Å². The first-order valence-electron chi connectivity index (χ1n) is 36.4. The maximum atomic E-state index is 14.9. The smallest absolute Gasteiger partial charge is 0.326 e.